The van der Waals surface area contributed by atoms with Crippen LogP contribution in [0.15, 0.2) is 292 Å². The summed E-state index contributed by atoms with van der Waals surface area (Å²) in [5.74, 6) is 2.24. The second kappa shape index (κ2) is 33.2. The number of rotatable bonds is 17. The summed E-state index contributed by atoms with van der Waals surface area (Å²) in [6, 6.07) is 78.8. The van der Waals surface area contributed by atoms with Gasteiger partial charge in [-0.2, -0.15) is 0 Å². The quantitative estimate of drug-likeness (QED) is 0.0419. The van der Waals surface area contributed by atoms with Crippen molar-refractivity contribution in [1.29, 1.82) is 0 Å². The number of pyridine rings is 9. The second-order valence-corrected chi connectivity index (χ2v) is 29.2. The Morgan fingerprint density at radius 1 is 0.411 bits per heavy atom. The molecule has 0 bridgehead atoms. The van der Waals surface area contributed by atoms with E-state index in [1.807, 2.05) is 167 Å². The van der Waals surface area contributed by atoms with Gasteiger partial charge in [-0.05, 0) is 156 Å². The van der Waals surface area contributed by atoms with Crippen molar-refractivity contribution in [3.05, 3.63) is 320 Å². The fraction of sp³-hybridized carbons (Fsp3) is 0.128. The van der Waals surface area contributed by atoms with Crippen molar-refractivity contribution in [2.45, 2.75) is 64.3 Å². The molecule has 15 aromatic rings. The molecular weight excluding hydrogens is 1370 g/mol. The highest BCUT2D eigenvalue weighted by Crippen LogP contribution is 2.40. The van der Waals surface area contributed by atoms with Gasteiger partial charge in [0.1, 0.15) is 22.6 Å². The third-order valence-electron chi connectivity index (χ3n) is 18.2. The van der Waals surface area contributed by atoms with E-state index >= 15 is 0 Å². The minimum absolute atomic E-state index is 0.0651. The Labute approximate surface area is 627 Å². The first-order valence-corrected chi connectivity index (χ1v) is 37.2. The highest BCUT2D eigenvalue weighted by Gasteiger charge is 2.52. The minimum atomic E-state index is -3.17. The summed E-state index contributed by atoms with van der Waals surface area (Å²) in [5.41, 5.74) is 26.4. The predicted molar refractivity (Wildman–Crippen MR) is 435 cm³/mol. The van der Waals surface area contributed by atoms with E-state index in [9.17, 15) is 8.42 Å². The molecule has 1 fully saturated rings. The fourth-order valence-corrected chi connectivity index (χ4v) is 13.3. The van der Waals surface area contributed by atoms with E-state index in [0.717, 1.165) is 123 Å². The Hall–Kier alpha value is -12.3. The number of anilines is 5. The van der Waals surface area contributed by atoms with Crippen LogP contribution >= 0.6 is 11.6 Å². The Morgan fingerprint density at radius 3 is 1.20 bits per heavy atom. The average Bonchev–Trinajstić information content (AvgIpc) is 1.77. The fourth-order valence-electron chi connectivity index (χ4n) is 12.4. The molecular formula is C86H78BClN14O4S. The van der Waals surface area contributed by atoms with Crippen LogP contribution in [-0.4, -0.2) is 77.8 Å². The first-order chi connectivity index (χ1) is 51.9. The molecule has 6 aromatic carbocycles. The van der Waals surface area contributed by atoms with Crippen LogP contribution in [0, 0.1) is 0 Å². The molecule has 0 radical (unpaired) electrons. The number of nitrogens with zero attached hydrogens (tertiary/aromatic N) is 9. The second-order valence-electron chi connectivity index (χ2n) is 26.6. The van der Waals surface area contributed by atoms with Gasteiger partial charge in [0.05, 0.1) is 70.7 Å². The number of hydrogen-bond donors (Lipinski definition) is 5. The monoisotopic (exact) mass is 1450 g/mol. The third-order valence-corrected chi connectivity index (χ3v) is 19.2. The molecule has 21 heteroatoms. The number of nitrogens with two attached hydrogens (primary N) is 2. The lowest BCUT2D eigenvalue weighted by molar-refractivity contribution is 0.00578. The molecule has 10 heterocycles. The summed E-state index contributed by atoms with van der Waals surface area (Å²) in [6.45, 7) is 9.76. The number of fused-ring (bicyclic) bond motifs is 3. The van der Waals surface area contributed by atoms with Gasteiger partial charge in [0.15, 0.2) is 9.84 Å². The lowest BCUT2D eigenvalue weighted by Crippen LogP contribution is -2.41. The molecule has 0 amide bonds. The lowest BCUT2D eigenvalue weighted by atomic mass is 9.80. The molecule has 0 aliphatic carbocycles. The molecule has 1 aliphatic rings. The molecule has 532 valence electrons. The van der Waals surface area contributed by atoms with E-state index in [1.54, 1.807) is 55.8 Å². The molecule has 1 aliphatic heterocycles. The molecule has 1 saturated heterocycles. The Balaban J connectivity index is 0.000000130. The molecule has 18 nitrogen and oxygen atoms in total. The summed E-state index contributed by atoms with van der Waals surface area (Å²) in [5, 5.41) is 17.2. The van der Waals surface area contributed by atoms with Gasteiger partial charge in [0.2, 0.25) is 0 Å². The van der Waals surface area contributed by atoms with E-state index in [-0.39, 0.29) is 24.1 Å². The smallest absolute Gasteiger partial charge is 0.399 e. The van der Waals surface area contributed by atoms with Crippen LogP contribution in [0.1, 0.15) is 50.3 Å². The number of benzene rings is 6. The zero-order valence-electron chi connectivity index (χ0n) is 59.7. The maximum absolute atomic E-state index is 11.8. The third kappa shape index (κ3) is 18.4. The maximum Gasteiger partial charge on any atom is 0.496 e. The lowest BCUT2D eigenvalue weighted by Gasteiger charge is -2.32. The minimum Gasteiger partial charge on any atom is -0.399 e. The SMILES string of the molecule is CC1(C)OB(c2cncc(N)c2)OC1(C)C.CS(=O)(=O)Cc1cncc(-c2cc3cccc(-c4ccccc4)c3c(NCc3ccccn3)n2)c1.Clc1cc2cccc(-c3ccccc3)c2c(NCc2ccccn2)n1.Nc1cncc(-c2cc3cccc(-c4ccccc4)c3c(NCc3ccccn3)n2)c1. The number of hydrogen-bond acceptors (Lipinski definition) is 18. The molecule has 9 aromatic heterocycles. The van der Waals surface area contributed by atoms with Crippen molar-refractivity contribution in [3.8, 4) is 55.9 Å². The molecule has 107 heavy (non-hydrogen) atoms. The molecule has 0 unspecified atom stereocenters. The normalized spacial score (nSPS) is 12.7. The highest BCUT2D eigenvalue weighted by atomic mass is 35.5. The van der Waals surface area contributed by atoms with Crippen LogP contribution in [0.4, 0.5) is 28.8 Å². The van der Waals surface area contributed by atoms with Crippen LogP contribution in [0.25, 0.3) is 88.2 Å². The number of halogens is 1. The molecule has 0 atom stereocenters. The standard InChI is InChI=1S/C28H24N4O2S.C26H21N5.C21H16ClN3.C11H17BN2O2/c1-35(33,34)19-20-14-23(17-29-16-20)26-15-22-10-7-12-25(21-8-3-2-4-9-21)27(22)28(32-26)31-18-24-11-5-6-13-30-24;27-21-13-20(15-28-16-21)24-14-19-9-6-11-23(18-7-2-1-3-8-18)25(19)26(31-24)30-17-22-10-4-5-12-29-22;22-19-13-16-9-6-11-18(15-7-2-1-3-8-15)20(16)21(25-19)24-14-17-10-4-5-12-23-17;1-10(2)11(3,4)16-12(15-10)8-5-9(13)7-14-6-8/h2-17H,18-19H2,1H3,(H,31,32);1-16H,17,27H2,(H,30,31);1-13H,14H2,(H,24,25);5-7H,13H2,1-4H3. The Morgan fingerprint density at radius 2 is 0.794 bits per heavy atom. The van der Waals surface area contributed by atoms with Gasteiger partial charge < -0.3 is 36.7 Å². The van der Waals surface area contributed by atoms with Gasteiger partial charge in [0, 0.05) is 100 Å². The summed E-state index contributed by atoms with van der Waals surface area (Å²) < 4.78 is 35.4. The topological polar surface area (TPSA) is 257 Å². The summed E-state index contributed by atoms with van der Waals surface area (Å²) in [7, 11) is -3.56. The van der Waals surface area contributed by atoms with Crippen LogP contribution in [0.2, 0.25) is 5.15 Å². The summed E-state index contributed by atoms with van der Waals surface area (Å²) >= 11 is 6.24. The molecule has 0 spiro atoms. The van der Waals surface area contributed by atoms with Gasteiger partial charge in [-0.1, -0.05) is 175 Å². The molecule has 0 saturated carbocycles. The zero-order valence-corrected chi connectivity index (χ0v) is 61.3. The van der Waals surface area contributed by atoms with Crippen molar-refractivity contribution in [1.82, 2.24) is 44.9 Å². The van der Waals surface area contributed by atoms with Gasteiger partial charge in [-0.15, -0.1) is 0 Å². The van der Waals surface area contributed by atoms with Crippen molar-refractivity contribution < 1.29 is 17.7 Å². The van der Waals surface area contributed by atoms with Crippen LogP contribution in [0.3, 0.4) is 0 Å². The van der Waals surface area contributed by atoms with E-state index in [1.165, 1.54) is 6.26 Å². The Bertz CT molecular complexity index is 5660. The highest BCUT2D eigenvalue weighted by molar-refractivity contribution is 7.89. The Kier molecular flexibility index (Phi) is 22.7. The van der Waals surface area contributed by atoms with Gasteiger partial charge in [-0.3, -0.25) is 29.9 Å². The molecule has 7 N–H and O–H groups in total. The van der Waals surface area contributed by atoms with E-state index < -0.39 is 9.84 Å². The summed E-state index contributed by atoms with van der Waals surface area (Å²) in [6.07, 6.45) is 16.6. The maximum atomic E-state index is 11.8. The number of nitrogen functional groups attached to an aromatic ring is 2. The van der Waals surface area contributed by atoms with E-state index in [4.69, 9.17) is 42.3 Å². The van der Waals surface area contributed by atoms with Crippen molar-refractivity contribution >= 4 is 95.2 Å². The van der Waals surface area contributed by atoms with Gasteiger partial charge in [0.25, 0.3) is 0 Å². The van der Waals surface area contributed by atoms with Crippen LogP contribution < -0.4 is 32.9 Å². The van der Waals surface area contributed by atoms with Crippen molar-refractivity contribution in [2.24, 2.45) is 0 Å². The summed E-state index contributed by atoms with van der Waals surface area (Å²) in [4.78, 5) is 40.2. The predicted octanol–water partition coefficient (Wildman–Crippen LogP) is 17.6. The number of sulfone groups is 1. The van der Waals surface area contributed by atoms with Crippen molar-refractivity contribution in [3.63, 3.8) is 0 Å². The largest absolute Gasteiger partial charge is 0.496 e. The van der Waals surface area contributed by atoms with Crippen molar-refractivity contribution in [2.75, 3.05) is 33.7 Å². The zero-order chi connectivity index (χ0) is 74.3. The first-order valence-electron chi connectivity index (χ1n) is 34.8. The average molecular weight is 1450 g/mol. The van der Waals surface area contributed by atoms with E-state index in [2.05, 4.69) is 148 Å². The number of nitrogens with one attached hydrogen (secondary N) is 3. The van der Waals surface area contributed by atoms with E-state index in [0.29, 0.717) is 47.4 Å². The van der Waals surface area contributed by atoms with Gasteiger partial charge >= 0.3 is 7.12 Å². The first kappa shape index (κ1) is 73.0. The number of aromatic nitrogens is 9. The van der Waals surface area contributed by atoms with Crippen LogP contribution in [-0.2, 0) is 44.5 Å². The van der Waals surface area contributed by atoms with Crippen LogP contribution in [0.5, 0.6) is 0 Å². The van der Waals surface area contributed by atoms with Gasteiger partial charge in [-0.25, -0.2) is 23.4 Å². The molecule has 16 rings (SSSR count).